The molecule has 0 spiro atoms. The van der Waals surface area contributed by atoms with Crippen LogP contribution < -0.4 is 25.0 Å². The Morgan fingerprint density at radius 3 is 2.49 bits per heavy atom. The molecule has 2 amide bonds. The van der Waals surface area contributed by atoms with Crippen molar-refractivity contribution in [3.8, 4) is 17.2 Å². The minimum absolute atomic E-state index is 0.220. The lowest BCUT2D eigenvalue weighted by molar-refractivity contribution is -0.136. The highest BCUT2D eigenvalue weighted by Crippen LogP contribution is 2.30. The van der Waals surface area contributed by atoms with Crippen molar-refractivity contribution in [2.75, 3.05) is 19.0 Å². The van der Waals surface area contributed by atoms with E-state index in [-0.39, 0.29) is 6.61 Å². The number of rotatable bonds is 9. The zero-order valence-corrected chi connectivity index (χ0v) is 20.5. The molecule has 3 aromatic carbocycles. The van der Waals surface area contributed by atoms with Gasteiger partial charge in [0, 0.05) is 15.6 Å². The van der Waals surface area contributed by atoms with Crippen LogP contribution in [0.15, 0.2) is 65.8 Å². The van der Waals surface area contributed by atoms with Gasteiger partial charge in [0.1, 0.15) is 12.4 Å². The minimum Gasteiger partial charge on any atom is -0.493 e. The number of nitrogens with one attached hydrogen (secondary N) is 2. The number of carbonyl (C=O) groups is 2. The molecule has 3 aromatic rings. The van der Waals surface area contributed by atoms with Crippen molar-refractivity contribution in [2.45, 2.75) is 13.5 Å². The quantitative estimate of drug-likeness (QED) is 0.235. The number of hydrogen-bond acceptors (Lipinski definition) is 6. The number of methoxy groups -OCH3 is 1. The molecule has 2 N–H and O–H groups in total. The first kappa shape index (κ1) is 25.9. The van der Waals surface area contributed by atoms with Gasteiger partial charge in [-0.25, -0.2) is 5.43 Å². The lowest BCUT2D eigenvalue weighted by atomic mass is 10.2. The van der Waals surface area contributed by atoms with Gasteiger partial charge in [0.15, 0.2) is 11.5 Å². The second-order valence-corrected chi connectivity index (χ2v) is 7.86. The van der Waals surface area contributed by atoms with Crippen molar-refractivity contribution in [1.29, 1.82) is 0 Å². The Kier molecular flexibility index (Phi) is 9.34. The van der Waals surface area contributed by atoms with Gasteiger partial charge in [0.2, 0.25) is 0 Å². The van der Waals surface area contributed by atoms with Crippen LogP contribution in [-0.4, -0.2) is 31.7 Å². The number of ether oxygens (including phenoxy) is 3. The Labute approximate surface area is 212 Å². The van der Waals surface area contributed by atoms with Crippen LogP contribution in [-0.2, 0) is 16.2 Å². The van der Waals surface area contributed by atoms with Gasteiger partial charge in [-0.15, -0.1) is 0 Å². The van der Waals surface area contributed by atoms with E-state index in [2.05, 4.69) is 15.8 Å². The minimum atomic E-state index is -0.931. The van der Waals surface area contributed by atoms with Crippen LogP contribution in [0.3, 0.4) is 0 Å². The molecule has 182 valence electrons. The maximum atomic E-state index is 12.2. The van der Waals surface area contributed by atoms with E-state index in [1.54, 1.807) is 60.7 Å². The molecule has 10 heteroatoms. The summed E-state index contributed by atoms with van der Waals surface area (Å²) in [5.41, 5.74) is 3.96. The first-order valence-electron chi connectivity index (χ1n) is 10.5. The number of nitrogens with zero attached hydrogens (tertiary/aromatic N) is 1. The van der Waals surface area contributed by atoms with Crippen molar-refractivity contribution < 1.29 is 23.8 Å². The smallest absolute Gasteiger partial charge is 0.329 e. The molecule has 0 atom stereocenters. The summed E-state index contributed by atoms with van der Waals surface area (Å²) in [5.74, 6) is -0.397. The average molecular weight is 516 g/mol. The summed E-state index contributed by atoms with van der Waals surface area (Å²) in [4.78, 5) is 24.3. The van der Waals surface area contributed by atoms with E-state index in [1.807, 2.05) is 6.92 Å². The van der Waals surface area contributed by atoms with Crippen LogP contribution in [0, 0.1) is 0 Å². The standard InChI is InChI=1S/C25H23Cl2N3O5/c1-3-34-21-7-5-4-6-20(21)29-24(31)25(32)30-28-14-16-8-11-22(23(12-16)33-2)35-15-17-9-10-18(26)13-19(17)27/h4-14H,3,15H2,1-2H3,(H,29,31)(H,30,32)/b28-14+. The molecule has 0 heterocycles. The summed E-state index contributed by atoms with van der Waals surface area (Å²) in [6.45, 7) is 2.46. The first-order valence-corrected chi connectivity index (χ1v) is 11.3. The molecule has 35 heavy (non-hydrogen) atoms. The van der Waals surface area contributed by atoms with E-state index in [0.29, 0.717) is 45.2 Å². The van der Waals surface area contributed by atoms with Gasteiger partial charge in [0.25, 0.3) is 0 Å². The van der Waals surface area contributed by atoms with Gasteiger partial charge in [-0.1, -0.05) is 41.4 Å². The summed E-state index contributed by atoms with van der Waals surface area (Å²) in [6, 6.07) is 17.1. The third-order valence-corrected chi connectivity index (χ3v) is 5.19. The Bertz CT molecular complexity index is 1230. The molecule has 0 aliphatic carbocycles. The van der Waals surface area contributed by atoms with E-state index < -0.39 is 11.8 Å². The Hall–Kier alpha value is -3.75. The zero-order chi connectivity index (χ0) is 25.2. The normalized spacial score (nSPS) is 10.6. The Balaban J connectivity index is 1.58. The highest BCUT2D eigenvalue weighted by atomic mass is 35.5. The predicted octanol–water partition coefficient (Wildman–Crippen LogP) is 5.07. The predicted molar refractivity (Wildman–Crippen MR) is 136 cm³/mol. The van der Waals surface area contributed by atoms with Gasteiger partial charge in [-0.2, -0.15) is 5.10 Å². The molecule has 0 unspecified atom stereocenters. The lowest BCUT2D eigenvalue weighted by Gasteiger charge is -2.12. The fourth-order valence-electron chi connectivity index (χ4n) is 2.92. The van der Waals surface area contributed by atoms with Crippen LogP contribution in [0.5, 0.6) is 17.2 Å². The number of para-hydroxylation sites is 2. The SMILES string of the molecule is CCOc1ccccc1NC(=O)C(=O)N/N=C/c1ccc(OCc2ccc(Cl)cc2Cl)c(OC)c1. The highest BCUT2D eigenvalue weighted by molar-refractivity contribution is 6.39. The number of amides is 2. The maximum absolute atomic E-state index is 12.2. The second kappa shape index (κ2) is 12.6. The Morgan fingerprint density at radius 1 is 0.943 bits per heavy atom. The van der Waals surface area contributed by atoms with Gasteiger partial charge >= 0.3 is 11.8 Å². The van der Waals surface area contributed by atoms with Crippen LogP contribution in [0.1, 0.15) is 18.1 Å². The topological polar surface area (TPSA) is 98.2 Å². The number of hydrazone groups is 1. The molecule has 0 saturated carbocycles. The maximum Gasteiger partial charge on any atom is 0.329 e. The van der Waals surface area contributed by atoms with E-state index in [0.717, 1.165) is 5.56 Å². The number of hydrogen-bond donors (Lipinski definition) is 2. The van der Waals surface area contributed by atoms with Crippen molar-refractivity contribution in [2.24, 2.45) is 5.10 Å². The molecule has 0 radical (unpaired) electrons. The molecule has 0 bridgehead atoms. The van der Waals surface area contributed by atoms with E-state index in [1.165, 1.54) is 13.3 Å². The summed E-state index contributed by atoms with van der Waals surface area (Å²) in [6.07, 6.45) is 1.38. The molecule has 0 aromatic heterocycles. The van der Waals surface area contributed by atoms with Crippen molar-refractivity contribution in [1.82, 2.24) is 5.43 Å². The molecule has 3 rings (SSSR count). The summed E-state index contributed by atoms with van der Waals surface area (Å²) in [5, 5.41) is 7.38. The van der Waals surface area contributed by atoms with Crippen molar-refractivity contribution in [3.63, 3.8) is 0 Å². The average Bonchev–Trinajstić information content (AvgIpc) is 2.85. The molecule has 0 aliphatic rings. The summed E-state index contributed by atoms with van der Waals surface area (Å²) < 4.78 is 16.6. The molecular weight excluding hydrogens is 493 g/mol. The van der Waals surface area contributed by atoms with Gasteiger partial charge in [-0.3, -0.25) is 9.59 Å². The lowest BCUT2D eigenvalue weighted by Crippen LogP contribution is -2.32. The second-order valence-electron chi connectivity index (χ2n) is 7.02. The summed E-state index contributed by atoms with van der Waals surface area (Å²) in [7, 11) is 1.50. The highest BCUT2D eigenvalue weighted by Gasteiger charge is 2.15. The van der Waals surface area contributed by atoms with Crippen LogP contribution in [0.25, 0.3) is 0 Å². The zero-order valence-electron chi connectivity index (χ0n) is 19.0. The molecule has 0 saturated heterocycles. The van der Waals surface area contributed by atoms with E-state index in [4.69, 9.17) is 37.4 Å². The molecule has 0 fully saturated rings. The van der Waals surface area contributed by atoms with Crippen molar-refractivity contribution >= 4 is 46.9 Å². The van der Waals surface area contributed by atoms with E-state index >= 15 is 0 Å². The monoisotopic (exact) mass is 515 g/mol. The number of anilines is 1. The van der Waals surface area contributed by atoms with E-state index in [9.17, 15) is 9.59 Å². The molecular formula is C25H23Cl2N3O5. The van der Waals surface area contributed by atoms with Crippen molar-refractivity contribution in [3.05, 3.63) is 81.8 Å². The van der Waals surface area contributed by atoms with Crippen LogP contribution in [0.2, 0.25) is 10.0 Å². The third kappa shape index (κ3) is 7.37. The van der Waals surface area contributed by atoms with Gasteiger partial charge < -0.3 is 19.5 Å². The fourth-order valence-corrected chi connectivity index (χ4v) is 3.39. The van der Waals surface area contributed by atoms with Gasteiger partial charge in [-0.05, 0) is 55.0 Å². The largest absolute Gasteiger partial charge is 0.493 e. The summed E-state index contributed by atoms with van der Waals surface area (Å²) >= 11 is 12.1. The number of benzene rings is 3. The first-order chi connectivity index (χ1) is 16.9. The van der Waals surface area contributed by atoms with Gasteiger partial charge in [0.05, 0.1) is 25.6 Å². The third-order valence-electron chi connectivity index (χ3n) is 4.61. The molecule has 8 nitrogen and oxygen atoms in total. The Morgan fingerprint density at radius 2 is 1.74 bits per heavy atom. The molecule has 0 aliphatic heterocycles. The number of halogens is 2. The number of carbonyl (C=O) groups excluding carboxylic acids is 2. The van der Waals surface area contributed by atoms with Crippen LogP contribution in [0.4, 0.5) is 5.69 Å². The fraction of sp³-hybridized carbons (Fsp3) is 0.160. The van der Waals surface area contributed by atoms with Crippen LogP contribution >= 0.6 is 23.2 Å².